The predicted molar refractivity (Wildman–Crippen MR) is 80.7 cm³/mol. The highest BCUT2D eigenvalue weighted by Crippen LogP contribution is 2.40. The van der Waals surface area contributed by atoms with Gasteiger partial charge in [-0.25, -0.2) is 0 Å². The van der Waals surface area contributed by atoms with Crippen LogP contribution in [-0.4, -0.2) is 41.9 Å². The summed E-state index contributed by atoms with van der Waals surface area (Å²) in [5, 5.41) is 13.6. The largest absolute Gasteiger partial charge is 0.487 e. The van der Waals surface area contributed by atoms with Crippen LogP contribution in [0, 0.1) is 0 Å². The molecule has 2 N–H and O–H groups in total. The minimum Gasteiger partial charge on any atom is -0.487 e. The van der Waals surface area contributed by atoms with Gasteiger partial charge in [0, 0.05) is 18.5 Å². The minimum absolute atomic E-state index is 0.171. The van der Waals surface area contributed by atoms with Crippen LogP contribution in [0.15, 0.2) is 18.2 Å². The van der Waals surface area contributed by atoms with Crippen molar-refractivity contribution in [2.24, 2.45) is 0 Å². The number of rotatable bonds is 2. The van der Waals surface area contributed by atoms with Crippen LogP contribution in [0.4, 0.5) is 0 Å². The average Bonchev–Trinajstić information content (AvgIpc) is 2.95. The molecule has 0 spiro atoms. The summed E-state index contributed by atoms with van der Waals surface area (Å²) in [7, 11) is 0. The third kappa shape index (κ3) is 2.42. The first-order valence-corrected chi connectivity index (χ1v) is 8.05. The van der Waals surface area contributed by atoms with E-state index in [1.807, 2.05) is 26.0 Å². The summed E-state index contributed by atoms with van der Waals surface area (Å²) < 4.78 is 18.0. The molecule has 3 aliphatic rings. The van der Waals surface area contributed by atoms with E-state index in [2.05, 4.69) is 11.4 Å². The van der Waals surface area contributed by atoms with E-state index in [4.69, 9.17) is 14.2 Å². The maximum Gasteiger partial charge on any atom is 0.164 e. The molecule has 0 radical (unpaired) electrons. The lowest BCUT2D eigenvalue weighted by Gasteiger charge is -2.26. The SMILES string of the molecule is CC1(C)O[C@@H]2[C@H](O1)[C@@H](Oc1cccc3c1CNCC3)C[C@H]2O. The number of hydrogen-bond donors (Lipinski definition) is 2. The highest BCUT2D eigenvalue weighted by atomic mass is 16.8. The highest BCUT2D eigenvalue weighted by Gasteiger charge is 2.54. The number of aliphatic hydroxyl groups is 1. The number of ether oxygens (including phenoxy) is 3. The molecule has 1 aromatic carbocycles. The first-order chi connectivity index (χ1) is 10.5. The van der Waals surface area contributed by atoms with Gasteiger partial charge in [-0.15, -0.1) is 0 Å². The van der Waals surface area contributed by atoms with Gasteiger partial charge >= 0.3 is 0 Å². The topological polar surface area (TPSA) is 60.0 Å². The molecule has 4 atom stereocenters. The van der Waals surface area contributed by atoms with Crippen LogP contribution < -0.4 is 10.1 Å². The fourth-order valence-electron chi connectivity index (χ4n) is 3.78. The second kappa shape index (κ2) is 5.20. The van der Waals surface area contributed by atoms with Crippen LogP contribution in [0.3, 0.4) is 0 Å². The van der Waals surface area contributed by atoms with E-state index >= 15 is 0 Å². The zero-order valence-electron chi connectivity index (χ0n) is 13.0. The summed E-state index contributed by atoms with van der Waals surface area (Å²) >= 11 is 0. The Bertz CT molecular complexity index is 574. The average molecular weight is 305 g/mol. The van der Waals surface area contributed by atoms with Gasteiger partial charge in [0.05, 0.1) is 6.10 Å². The van der Waals surface area contributed by atoms with Gasteiger partial charge in [-0.05, 0) is 38.4 Å². The van der Waals surface area contributed by atoms with E-state index in [0.29, 0.717) is 6.42 Å². The lowest BCUT2D eigenvalue weighted by Crippen LogP contribution is -2.34. The van der Waals surface area contributed by atoms with Gasteiger partial charge in [-0.3, -0.25) is 0 Å². The van der Waals surface area contributed by atoms with Crippen LogP contribution in [0.1, 0.15) is 31.4 Å². The fourth-order valence-corrected chi connectivity index (χ4v) is 3.78. The van der Waals surface area contributed by atoms with Crippen LogP contribution >= 0.6 is 0 Å². The molecule has 22 heavy (non-hydrogen) atoms. The van der Waals surface area contributed by atoms with E-state index in [1.165, 1.54) is 11.1 Å². The van der Waals surface area contributed by atoms with Gasteiger partial charge in [0.15, 0.2) is 5.79 Å². The first-order valence-electron chi connectivity index (χ1n) is 8.05. The molecule has 0 bridgehead atoms. The summed E-state index contributed by atoms with van der Waals surface area (Å²) in [5.41, 5.74) is 2.57. The van der Waals surface area contributed by atoms with Crippen molar-refractivity contribution in [3.8, 4) is 5.75 Å². The number of aliphatic hydroxyl groups excluding tert-OH is 1. The van der Waals surface area contributed by atoms with Crippen molar-refractivity contribution < 1.29 is 19.3 Å². The molecular formula is C17H23NO4. The van der Waals surface area contributed by atoms with Crippen molar-refractivity contribution in [1.82, 2.24) is 5.32 Å². The van der Waals surface area contributed by atoms with Gasteiger partial charge in [0.25, 0.3) is 0 Å². The third-order valence-electron chi connectivity index (χ3n) is 4.76. The van der Waals surface area contributed by atoms with Gasteiger partial charge in [0.1, 0.15) is 24.1 Å². The Morgan fingerprint density at radius 2 is 2.09 bits per heavy atom. The van der Waals surface area contributed by atoms with Crippen LogP contribution in [-0.2, 0) is 22.4 Å². The molecule has 1 aromatic rings. The van der Waals surface area contributed by atoms with Gasteiger partial charge in [0.2, 0.25) is 0 Å². The molecule has 5 heteroatoms. The van der Waals surface area contributed by atoms with Gasteiger partial charge < -0.3 is 24.6 Å². The summed E-state index contributed by atoms with van der Waals surface area (Å²) in [6.45, 7) is 5.60. The second-order valence-electron chi connectivity index (χ2n) is 6.84. The smallest absolute Gasteiger partial charge is 0.164 e. The van der Waals surface area contributed by atoms with E-state index in [-0.39, 0.29) is 18.3 Å². The first kappa shape index (κ1) is 14.5. The number of fused-ring (bicyclic) bond motifs is 2. The molecule has 4 rings (SSSR count). The number of benzene rings is 1. The molecule has 0 unspecified atom stereocenters. The molecule has 0 aromatic heterocycles. The summed E-state index contributed by atoms with van der Waals surface area (Å²) in [6.07, 6.45) is 0.362. The molecule has 5 nitrogen and oxygen atoms in total. The molecule has 1 saturated heterocycles. The van der Waals surface area contributed by atoms with E-state index in [1.54, 1.807) is 0 Å². The quantitative estimate of drug-likeness (QED) is 0.864. The molecule has 0 amide bonds. The number of hydrogen-bond acceptors (Lipinski definition) is 5. The minimum atomic E-state index is -0.657. The zero-order valence-corrected chi connectivity index (χ0v) is 13.0. The molecule has 120 valence electrons. The normalized spacial score (nSPS) is 36.0. The second-order valence-corrected chi connectivity index (χ2v) is 6.84. The van der Waals surface area contributed by atoms with Crippen LogP contribution in [0.5, 0.6) is 5.75 Å². The van der Waals surface area contributed by atoms with Crippen molar-refractivity contribution >= 4 is 0 Å². The Kier molecular flexibility index (Phi) is 3.42. The maximum atomic E-state index is 10.2. The molecule has 2 heterocycles. The predicted octanol–water partition coefficient (Wildman–Crippen LogP) is 1.36. The Morgan fingerprint density at radius 3 is 2.95 bits per heavy atom. The van der Waals surface area contributed by atoms with Gasteiger partial charge in [-0.2, -0.15) is 0 Å². The standard InChI is InChI=1S/C17H23NO4/c1-17(2)21-15-12(19)8-14(16(15)22-17)20-13-5-3-4-10-6-7-18-9-11(10)13/h3-5,12,14-16,18-19H,6-9H2,1-2H3/t12-,14+,15+,16-/m1/s1. The van der Waals surface area contributed by atoms with Crippen molar-refractivity contribution in [2.45, 2.75) is 63.4 Å². The molecule has 1 saturated carbocycles. The summed E-state index contributed by atoms with van der Waals surface area (Å²) in [4.78, 5) is 0. The molecule has 1 aliphatic carbocycles. The zero-order chi connectivity index (χ0) is 15.3. The summed E-state index contributed by atoms with van der Waals surface area (Å²) in [6, 6.07) is 6.21. The Balaban J connectivity index is 1.57. The van der Waals surface area contributed by atoms with E-state index < -0.39 is 11.9 Å². The van der Waals surface area contributed by atoms with Gasteiger partial charge in [-0.1, -0.05) is 12.1 Å². The Hall–Kier alpha value is -1.14. The maximum absolute atomic E-state index is 10.2. The van der Waals surface area contributed by atoms with E-state index in [9.17, 15) is 5.11 Å². The van der Waals surface area contributed by atoms with Crippen molar-refractivity contribution in [3.05, 3.63) is 29.3 Å². The van der Waals surface area contributed by atoms with E-state index in [0.717, 1.165) is 25.3 Å². The molecular weight excluding hydrogens is 282 g/mol. The monoisotopic (exact) mass is 305 g/mol. The Labute approximate surface area is 130 Å². The fraction of sp³-hybridized carbons (Fsp3) is 0.647. The lowest BCUT2D eigenvalue weighted by molar-refractivity contribution is -0.170. The van der Waals surface area contributed by atoms with Crippen molar-refractivity contribution in [2.75, 3.05) is 6.54 Å². The van der Waals surface area contributed by atoms with Crippen LogP contribution in [0.2, 0.25) is 0 Å². The third-order valence-corrected chi connectivity index (χ3v) is 4.76. The molecule has 2 aliphatic heterocycles. The Morgan fingerprint density at radius 1 is 1.27 bits per heavy atom. The van der Waals surface area contributed by atoms with Crippen molar-refractivity contribution in [3.63, 3.8) is 0 Å². The van der Waals surface area contributed by atoms with Crippen LogP contribution in [0.25, 0.3) is 0 Å². The number of nitrogens with one attached hydrogen (secondary N) is 1. The van der Waals surface area contributed by atoms with Crippen molar-refractivity contribution in [1.29, 1.82) is 0 Å². The summed E-state index contributed by atoms with van der Waals surface area (Å²) in [5.74, 6) is 0.242. The molecule has 2 fully saturated rings. The lowest BCUT2D eigenvalue weighted by atomic mass is 10.0. The highest BCUT2D eigenvalue weighted by molar-refractivity contribution is 5.42.